The van der Waals surface area contributed by atoms with E-state index in [0.717, 1.165) is 22.8 Å². The summed E-state index contributed by atoms with van der Waals surface area (Å²) in [5.74, 6) is -1.71. The molecule has 43 heavy (non-hydrogen) atoms. The van der Waals surface area contributed by atoms with Crippen molar-refractivity contribution in [3.8, 4) is 39.9 Å². The maximum absolute atomic E-state index is 13.2. The summed E-state index contributed by atoms with van der Waals surface area (Å²) in [6.45, 7) is 2.38. The van der Waals surface area contributed by atoms with Gasteiger partial charge in [-0.05, 0) is 36.2 Å². The number of aromatic carboxylic acids is 2. The van der Waals surface area contributed by atoms with Crippen molar-refractivity contribution in [2.24, 2.45) is 0 Å². The van der Waals surface area contributed by atoms with Gasteiger partial charge in [0.15, 0.2) is 23.0 Å². The highest BCUT2D eigenvalue weighted by Gasteiger charge is 2.33. The van der Waals surface area contributed by atoms with Gasteiger partial charge in [0.05, 0.1) is 57.7 Å². The van der Waals surface area contributed by atoms with Gasteiger partial charge >= 0.3 is 11.9 Å². The molecule has 0 aliphatic rings. The Morgan fingerprint density at radius 3 is 2.19 bits per heavy atom. The lowest BCUT2D eigenvalue weighted by molar-refractivity contribution is 0.0676. The molecule has 0 saturated carbocycles. The Hall–Kier alpha value is -5.04. The molecule has 0 spiro atoms. The van der Waals surface area contributed by atoms with Gasteiger partial charge in [-0.15, -0.1) is 0 Å². The van der Waals surface area contributed by atoms with Crippen LogP contribution >= 0.6 is 11.7 Å². The third kappa shape index (κ3) is 5.01. The molecule has 3 aromatic carbocycles. The fourth-order valence-electron chi connectivity index (χ4n) is 5.22. The Labute approximate surface area is 250 Å². The highest BCUT2D eigenvalue weighted by atomic mass is 32.1. The van der Waals surface area contributed by atoms with Gasteiger partial charge in [0.25, 0.3) is 0 Å². The number of nitrogens with zero attached hydrogens (tertiary/aromatic N) is 3. The van der Waals surface area contributed by atoms with Gasteiger partial charge in [0.2, 0.25) is 5.75 Å². The summed E-state index contributed by atoms with van der Waals surface area (Å²) in [6, 6.07) is 10.2. The molecule has 0 atom stereocenters. The zero-order valence-corrected chi connectivity index (χ0v) is 24.9. The Morgan fingerprint density at radius 2 is 1.56 bits per heavy atom. The summed E-state index contributed by atoms with van der Waals surface area (Å²) in [5.41, 5.74) is 2.33. The van der Waals surface area contributed by atoms with Crippen molar-refractivity contribution in [1.82, 2.24) is 13.3 Å². The number of methoxy groups -OCH3 is 4. The smallest absolute Gasteiger partial charge is 0.353 e. The molecule has 5 aromatic rings. The molecule has 2 N–H and O–H groups in total. The lowest BCUT2D eigenvalue weighted by Crippen LogP contribution is -2.12. The summed E-state index contributed by atoms with van der Waals surface area (Å²) in [5, 5.41) is 21.5. The van der Waals surface area contributed by atoms with Gasteiger partial charge in [-0.3, -0.25) is 0 Å². The largest absolute Gasteiger partial charge is 0.493 e. The summed E-state index contributed by atoms with van der Waals surface area (Å²) in [6.07, 6.45) is 0.686. The zero-order valence-electron chi connectivity index (χ0n) is 24.1. The number of rotatable bonds is 12. The van der Waals surface area contributed by atoms with Crippen molar-refractivity contribution in [2.45, 2.75) is 19.9 Å². The summed E-state index contributed by atoms with van der Waals surface area (Å²) < 4.78 is 38.6. The number of hydrogen-bond acceptors (Lipinski definition) is 10. The Bertz CT molecular complexity index is 1860. The zero-order chi connectivity index (χ0) is 30.8. The van der Waals surface area contributed by atoms with E-state index >= 15 is 0 Å². The second-order valence-corrected chi connectivity index (χ2v) is 9.94. The van der Waals surface area contributed by atoms with Gasteiger partial charge < -0.3 is 38.5 Å². The van der Waals surface area contributed by atoms with E-state index in [1.165, 1.54) is 40.6 Å². The van der Waals surface area contributed by atoms with Crippen LogP contribution in [0.1, 0.15) is 39.8 Å². The van der Waals surface area contributed by atoms with E-state index in [0.29, 0.717) is 35.2 Å². The molecule has 2 aromatic heterocycles. The molecule has 0 amide bonds. The number of hydrogen-bond donors (Lipinski definition) is 2. The normalized spacial score (nSPS) is 11.1. The maximum atomic E-state index is 13.2. The first kappa shape index (κ1) is 29.5. The van der Waals surface area contributed by atoms with Crippen LogP contribution in [-0.4, -0.2) is 70.5 Å². The fraction of sp³-hybridized carbons (Fsp3) is 0.267. The standard InChI is InChI=1S/C30H29N3O9S/c1-6-11-42-27-21(39-3)13-19-24(28(27)41-5)22(16-8-10-20(38-2)26(40-4)23(16)29(34)35)25(30(36)37)33(19)14-15-7-9-17-18(12-15)32-43-31-17/h7-10,12-13H,6,11,14H2,1-5H3,(H,34,35)(H,36,37). The Balaban J connectivity index is 1.95. The minimum absolute atomic E-state index is 0.0545. The molecule has 0 fully saturated rings. The van der Waals surface area contributed by atoms with E-state index in [-0.39, 0.29) is 51.9 Å². The van der Waals surface area contributed by atoms with E-state index in [1.54, 1.807) is 10.6 Å². The highest BCUT2D eigenvalue weighted by Crippen LogP contribution is 2.51. The van der Waals surface area contributed by atoms with Crippen LogP contribution in [0.15, 0.2) is 36.4 Å². The van der Waals surface area contributed by atoms with E-state index in [4.69, 9.17) is 23.7 Å². The number of benzene rings is 3. The van der Waals surface area contributed by atoms with Crippen LogP contribution in [0.4, 0.5) is 0 Å². The van der Waals surface area contributed by atoms with E-state index < -0.39 is 11.9 Å². The topological polar surface area (TPSA) is 151 Å². The molecule has 0 aliphatic heterocycles. The predicted molar refractivity (Wildman–Crippen MR) is 160 cm³/mol. The fourth-order valence-corrected chi connectivity index (χ4v) is 5.74. The van der Waals surface area contributed by atoms with Crippen LogP contribution in [0.25, 0.3) is 33.1 Å². The van der Waals surface area contributed by atoms with Crippen LogP contribution in [0.5, 0.6) is 28.7 Å². The monoisotopic (exact) mass is 607 g/mol. The molecule has 0 radical (unpaired) electrons. The molecule has 12 nitrogen and oxygen atoms in total. The highest BCUT2D eigenvalue weighted by molar-refractivity contribution is 7.00. The molecule has 2 heterocycles. The number of carboxylic acid groups (broad SMARTS) is 2. The third-order valence-electron chi connectivity index (χ3n) is 6.99. The molecule has 13 heteroatoms. The van der Waals surface area contributed by atoms with Crippen LogP contribution in [0, 0.1) is 0 Å². The molecule has 0 aliphatic carbocycles. The second kappa shape index (κ2) is 12.1. The Kier molecular flexibility index (Phi) is 8.26. The predicted octanol–water partition coefficient (Wildman–Crippen LogP) is 5.58. The lowest BCUT2D eigenvalue weighted by atomic mass is 9.94. The maximum Gasteiger partial charge on any atom is 0.353 e. The van der Waals surface area contributed by atoms with Crippen molar-refractivity contribution in [1.29, 1.82) is 0 Å². The number of ether oxygens (including phenoxy) is 5. The molecular weight excluding hydrogens is 578 g/mol. The molecule has 224 valence electrons. The van der Waals surface area contributed by atoms with Crippen molar-refractivity contribution in [2.75, 3.05) is 35.0 Å². The van der Waals surface area contributed by atoms with Gasteiger partial charge in [-0.1, -0.05) is 13.0 Å². The molecule has 0 saturated heterocycles. The molecule has 5 rings (SSSR count). The molecule has 0 unspecified atom stereocenters. The first-order chi connectivity index (χ1) is 20.8. The summed E-state index contributed by atoms with van der Waals surface area (Å²) in [4.78, 5) is 25.9. The van der Waals surface area contributed by atoms with Gasteiger partial charge in [0, 0.05) is 23.7 Å². The van der Waals surface area contributed by atoms with Crippen molar-refractivity contribution in [3.63, 3.8) is 0 Å². The average molecular weight is 608 g/mol. The molecular formula is C30H29N3O9S. The van der Waals surface area contributed by atoms with E-state index in [9.17, 15) is 19.8 Å². The number of carboxylic acids is 2. The van der Waals surface area contributed by atoms with Crippen molar-refractivity contribution >= 4 is 45.6 Å². The van der Waals surface area contributed by atoms with Crippen molar-refractivity contribution < 1.29 is 43.5 Å². The van der Waals surface area contributed by atoms with Crippen LogP contribution < -0.4 is 23.7 Å². The summed E-state index contributed by atoms with van der Waals surface area (Å²) in [7, 11) is 5.62. The molecule has 0 bridgehead atoms. The SMILES string of the molecule is CCCOc1c(OC)cc2c(c1OC)c(-c1ccc(OC)c(OC)c1C(=O)O)c(C(=O)O)n2Cc1ccc2nsnc2c1. The second-order valence-electron chi connectivity index (χ2n) is 9.41. The lowest BCUT2D eigenvalue weighted by Gasteiger charge is -2.17. The Morgan fingerprint density at radius 1 is 0.837 bits per heavy atom. The minimum atomic E-state index is -1.33. The summed E-state index contributed by atoms with van der Waals surface area (Å²) >= 11 is 1.08. The minimum Gasteiger partial charge on any atom is -0.493 e. The first-order valence-corrected chi connectivity index (χ1v) is 13.9. The van der Waals surface area contributed by atoms with Gasteiger partial charge in [-0.2, -0.15) is 8.75 Å². The first-order valence-electron chi connectivity index (χ1n) is 13.2. The average Bonchev–Trinajstić information content (AvgIpc) is 3.60. The van der Waals surface area contributed by atoms with Crippen LogP contribution in [0.3, 0.4) is 0 Å². The van der Waals surface area contributed by atoms with Crippen LogP contribution in [-0.2, 0) is 6.54 Å². The third-order valence-corrected chi connectivity index (χ3v) is 7.55. The quantitative estimate of drug-likeness (QED) is 0.183. The van der Waals surface area contributed by atoms with Crippen molar-refractivity contribution in [3.05, 3.63) is 53.2 Å². The number of aromatic nitrogens is 3. The number of fused-ring (bicyclic) bond motifs is 2. The van der Waals surface area contributed by atoms with E-state index in [2.05, 4.69) is 8.75 Å². The van der Waals surface area contributed by atoms with Crippen LogP contribution in [0.2, 0.25) is 0 Å². The van der Waals surface area contributed by atoms with Gasteiger partial charge in [-0.25, -0.2) is 9.59 Å². The number of carbonyl (C=O) groups is 2. The van der Waals surface area contributed by atoms with E-state index in [1.807, 2.05) is 25.1 Å². The van der Waals surface area contributed by atoms with Gasteiger partial charge in [0.1, 0.15) is 22.3 Å².